The summed E-state index contributed by atoms with van der Waals surface area (Å²) in [6.45, 7) is 5.36. The van der Waals surface area contributed by atoms with E-state index in [1.807, 2.05) is 31.3 Å². The molecule has 1 amide bonds. The largest absolute Gasteiger partial charge is 0.370 e. The Morgan fingerprint density at radius 2 is 1.96 bits per heavy atom. The summed E-state index contributed by atoms with van der Waals surface area (Å²) in [4.78, 5) is 22.8. The number of anilines is 1. The molecule has 0 spiro atoms. The van der Waals surface area contributed by atoms with E-state index in [0.29, 0.717) is 17.3 Å². The van der Waals surface area contributed by atoms with Crippen molar-refractivity contribution >= 4 is 23.3 Å². The van der Waals surface area contributed by atoms with E-state index in [4.69, 9.17) is 11.6 Å². The van der Waals surface area contributed by atoms with Crippen LogP contribution in [0.3, 0.4) is 0 Å². The zero-order valence-electron chi connectivity index (χ0n) is 15.1. The van der Waals surface area contributed by atoms with Gasteiger partial charge in [-0.1, -0.05) is 37.1 Å². The Morgan fingerprint density at radius 1 is 1.24 bits per heavy atom. The topological polar surface area (TPSA) is 58.1 Å². The van der Waals surface area contributed by atoms with Gasteiger partial charge in [0.25, 0.3) is 5.91 Å². The number of rotatable bonds is 8. The van der Waals surface area contributed by atoms with Gasteiger partial charge >= 0.3 is 0 Å². The van der Waals surface area contributed by atoms with Crippen LogP contribution in [0.4, 0.5) is 5.82 Å². The first-order valence-electron chi connectivity index (χ1n) is 8.59. The maximum absolute atomic E-state index is 12.5. The molecule has 134 valence electrons. The normalized spacial score (nSPS) is 10.6. The number of nitrogens with zero attached hydrogens (tertiary/aromatic N) is 3. The fraction of sp³-hybridized carbons (Fsp3) is 0.421. The van der Waals surface area contributed by atoms with Crippen molar-refractivity contribution in [1.82, 2.24) is 14.9 Å². The molecule has 2 aromatic rings. The van der Waals surface area contributed by atoms with Gasteiger partial charge in [-0.05, 0) is 37.5 Å². The first kappa shape index (κ1) is 19.2. The van der Waals surface area contributed by atoms with Crippen molar-refractivity contribution in [3.8, 4) is 0 Å². The summed E-state index contributed by atoms with van der Waals surface area (Å²) in [7, 11) is 1.81. The van der Waals surface area contributed by atoms with E-state index in [9.17, 15) is 4.79 Å². The molecule has 25 heavy (non-hydrogen) atoms. The van der Waals surface area contributed by atoms with Crippen LogP contribution in [-0.4, -0.2) is 40.9 Å². The third-order valence-electron chi connectivity index (χ3n) is 3.88. The van der Waals surface area contributed by atoms with E-state index >= 15 is 0 Å². The molecule has 1 aromatic heterocycles. The number of hydrogen-bond donors (Lipinski definition) is 1. The minimum Gasteiger partial charge on any atom is -0.370 e. The predicted octanol–water partition coefficient (Wildman–Crippen LogP) is 3.97. The van der Waals surface area contributed by atoms with Gasteiger partial charge < -0.3 is 10.2 Å². The number of aromatic nitrogens is 2. The molecule has 0 unspecified atom stereocenters. The lowest BCUT2D eigenvalue weighted by atomic mass is 10.1. The molecular formula is C19H25ClN4O. The van der Waals surface area contributed by atoms with Crippen molar-refractivity contribution in [2.45, 2.75) is 33.1 Å². The van der Waals surface area contributed by atoms with E-state index in [0.717, 1.165) is 37.4 Å². The molecule has 1 aromatic carbocycles. The van der Waals surface area contributed by atoms with Crippen molar-refractivity contribution in [2.75, 3.05) is 25.5 Å². The molecule has 0 bridgehead atoms. The molecule has 2 rings (SSSR count). The highest BCUT2D eigenvalue weighted by Crippen LogP contribution is 2.12. The zero-order chi connectivity index (χ0) is 18.2. The highest BCUT2D eigenvalue weighted by molar-refractivity contribution is 6.30. The minimum absolute atomic E-state index is 0.0697. The Labute approximate surface area is 154 Å². The molecule has 5 nitrogen and oxygen atoms in total. The van der Waals surface area contributed by atoms with Crippen LogP contribution in [0, 0.1) is 6.92 Å². The molecular weight excluding hydrogens is 336 g/mol. The molecule has 0 fully saturated rings. The highest BCUT2D eigenvalue weighted by atomic mass is 35.5. The number of carbonyl (C=O) groups is 1. The Hall–Kier alpha value is -2.14. The van der Waals surface area contributed by atoms with Gasteiger partial charge in [-0.3, -0.25) is 4.79 Å². The van der Waals surface area contributed by atoms with Crippen molar-refractivity contribution in [2.24, 2.45) is 0 Å². The lowest BCUT2D eigenvalue weighted by molar-refractivity contribution is 0.0787. The van der Waals surface area contributed by atoms with Gasteiger partial charge in [-0.15, -0.1) is 0 Å². The lowest BCUT2D eigenvalue weighted by Gasteiger charge is -2.17. The van der Waals surface area contributed by atoms with Crippen LogP contribution >= 0.6 is 11.6 Å². The van der Waals surface area contributed by atoms with E-state index in [2.05, 4.69) is 22.2 Å². The summed E-state index contributed by atoms with van der Waals surface area (Å²) in [5.74, 6) is 1.19. The second-order valence-corrected chi connectivity index (χ2v) is 6.51. The van der Waals surface area contributed by atoms with E-state index in [1.165, 1.54) is 5.56 Å². The summed E-state index contributed by atoms with van der Waals surface area (Å²) in [6.07, 6.45) is 2.89. The van der Waals surface area contributed by atoms with Gasteiger partial charge in [-0.2, -0.15) is 0 Å². The molecule has 1 heterocycles. The maximum Gasteiger partial charge on any atom is 0.272 e. The first-order valence-corrected chi connectivity index (χ1v) is 8.97. The molecule has 0 aliphatic rings. The Balaban J connectivity index is 1.98. The molecule has 0 aliphatic carbocycles. The maximum atomic E-state index is 12.5. The van der Waals surface area contributed by atoms with Crippen LogP contribution in [0.5, 0.6) is 0 Å². The Kier molecular flexibility index (Phi) is 7.19. The van der Waals surface area contributed by atoms with Crippen LogP contribution in [0.2, 0.25) is 5.02 Å². The zero-order valence-corrected chi connectivity index (χ0v) is 15.8. The van der Waals surface area contributed by atoms with E-state index < -0.39 is 0 Å². The number of unbranched alkanes of at least 4 members (excludes halogenated alkanes) is 1. The van der Waals surface area contributed by atoms with Crippen LogP contribution in [0.15, 0.2) is 30.3 Å². The SMILES string of the molecule is CCCCN(C)C(=O)c1cc(NCCc2ccc(Cl)cc2)nc(C)n1. The third-order valence-corrected chi connectivity index (χ3v) is 4.14. The highest BCUT2D eigenvalue weighted by Gasteiger charge is 2.14. The molecule has 0 saturated carbocycles. The summed E-state index contributed by atoms with van der Waals surface area (Å²) in [5, 5.41) is 4.01. The third kappa shape index (κ3) is 6.02. The van der Waals surface area contributed by atoms with Crippen LogP contribution in [-0.2, 0) is 6.42 Å². The molecule has 0 atom stereocenters. The van der Waals surface area contributed by atoms with Crippen molar-refractivity contribution in [1.29, 1.82) is 0 Å². The Bertz CT molecular complexity index is 703. The first-order chi connectivity index (χ1) is 12.0. The molecule has 6 heteroatoms. The number of aryl methyl sites for hydroxylation is 1. The van der Waals surface area contributed by atoms with Gasteiger partial charge in [0, 0.05) is 31.2 Å². The average Bonchev–Trinajstić information content (AvgIpc) is 2.60. The minimum atomic E-state index is -0.0697. The summed E-state index contributed by atoms with van der Waals surface area (Å²) in [5.41, 5.74) is 1.62. The fourth-order valence-electron chi connectivity index (χ4n) is 2.45. The molecule has 0 radical (unpaired) electrons. The summed E-state index contributed by atoms with van der Waals surface area (Å²) >= 11 is 5.89. The summed E-state index contributed by atoms with van der Waals surface area (Å²) < 4.78 is 0. The van der Waals surface area contributed by atoms with E-state index in [1.54, 1.807) is 17.9 Å². The number of halogens is 1. The van der Waals surface area contributed by atoms with Gasteiger partial charge in [0.05, 0.1) is 0 Å². The predicted molar refractivity (Wildman–Crippen MR) is 102 cm³/mol. The van der Waals surface area contributed by atoms with Crippen LogP contribution in [0.25, 0.3) is 0 Å². The van der Waals surface area contributed by atoms with Gasteiger partial charge in [-0.25, -0.2) is 9.97 Å². The van der Waals surface area contributed by atoms with Gasteiger partial charge in [0.2, 0.25) is 0 Å². The number of amides is 1. The van der Waals surface area contributed by atoms with Crippen molar-refractivity contribution in [3.63, 3.8) is 0 Å². The van der Waals surface area contributed by atoms with E-state index in [-0.39, 0.29) is 5.91 Å². The number of carbonyl (C=O) groups excluding carboxylic acids is 1. The second-order valence-electron chi connectivity index (χ2n) is 6.07. The average molecular weight is 361 g/mol. The molecule has 1 N–H and O–H groups in total. The number of nitrogens with one attached hydrogen (secondary N) is 1. The van der Waals surface area contributed by atoms with Crippen molar-refractivity contribution < 1.29 is 4.79 Å². The van der Waals surface area contributed by atoms with Crippen molar-refractivity contribution in [3.05, 3.63) is 52.4 Å². The standard InChI is InChI=1S/C19H25ClN4O/c1-4-5-12-24(3)19(25)17-13-18(23-14(2)22-17)21-11-10-15-6-8-16(20)9-7-15/h6-9,13H,4-5,10-12H2,1-3H3,(H,21,22,23). The second kappa shape index (κ2) is 9.37. The lowest BCUT2D eigenvalue weighted by Crippen LogP contribution is -2.29. The Morgan fingerprint density at radius 3 is 2.64 bits per heavy atom. The monoisotopic (exact) mass is 360 g/mol. The number of hydrogen-bond acceptors (Lipinski definition) is 4. The van der Waals surface area contributed by atoms with Gasteiger partial charge in [0.1, 0.15) is 17.3 Å². The van der Waals surface area contributed by atoms with Crippen LogP contribution in [0.1, 0.15) is 41.6 Å². The quantitative estimate of drug-likeness (QED) is 0.774. The molecule has 0 saturated heterocycles. The fourth-order valence-corrected chi connectivity index (χ4v) is 2.57. The number of benzene rings is 1. The molecule has 0 aliphatic heterocycles. The van der Waals surface area contributed by atoms with Crippen LogP contribution < -0.4 is 5.32 Å². The smallest absolute Gasteiger partial charge is 0.272 e. The summed E-state index contributed by atoms with van der Waals surface area (Å²) in [6, 6.07) is 9.50. The van der Waals surface area contributed by atoms with Gasteiger partial charge in [0.15, 0.2) is 0 Å².